The van der Waals surface area contributed by atoms with Crippen LogP contribution in [0.1, 0.15) is 5.82 Å². The van der Waals surface area contributed by atoms with Gasteiger partial charge in [0.15, 0.2) is 0 Å². The van der Waals surface area contributed by atoms with E-state index >= 15 is 0 Å². The first-order chi connectivity index (χ1) is 6.66. The maximum atomic E-state index is 12.9. The molecule has 72 valence electrons. The zero-order valence-electron chi connectivity index (χ0n) is 7.61. The molecule has 0 atom stereocenters. The highest BCUT2D eigenvalue weighted by molar-refractivity contribution is 5.37. The molecule has 2 rings (SSSR count). The largest absolute Gasteiger partial charge is 0.368 e. The fourth-order valence-corrected chi connectivity index (χ4v) is 1.23. The van der Waals surface area contributed by atoms with E-state index in [9.17, 15) is 4.39 Å². The van der Waals surface area contributed by atoms with E-state index in [2.05, 4.69) is 10.1 Å². The molecule has 1 aromatic heterocycles. The van der Waals surface area contributed by atoms with Gasteiger partial charge in [-0.1, -0.05) is 6.07 Å². The Morgan fingerprint density at radius 1 is 1.43 bits per heavy atom. The number of hydrogen-bond acceptors (Lipinski definition) is 3. The van der Waals surface area contributed by atoms with Crippen LogP contribution in [-0.4, -0.2) is 14.8 Å². The van der Waals surface area contributed by atoms with Crippen LogP contribution in [0, 0.1) is 12.7 Å². The molecule has 0 saturated heterocycles. The molecular formula is C9H9FN4. The summed E-state index contributed by atoms with van der Waals surface area (Å²) in [6, 6.07) is 6.03. The average Bonchev–Trinajstić information content (AvgIpc) is 2.45. The third-order valence-electron chi connectivity index (χ3n) is 1.79. The molecule has 14 heavy (non-hydrogen) atoms. The van der Waals surface area contributed by atoms with E-state index < -0.39 is 0 Å². The number of hydrogen-bond donors (Lipinski definition) is 1. The molecule has 0 fully saturated rings. The first-order valence-electron chi connectivity index (χ1n) is 4.12. The number of halogens is 1. The van der Waals surface area contributed by atoms with Gasteiger partial charge in [0, 0.05) is 0 Å². The lowest BCUT2D eigenvalue weighted by molar-refractivity contribution is 0.625. The maximum absolute atomic E-state index is 12.9. The quantitative estimate of drug-likeness (QED) is 0.740. The van der Waals surface area contributed by atoms with Crippen molar-refractivity contribution in [2.75, 3.05) is 5.73 Å². The molecule has 0 aliphatic heterocycles. The van der Waals surface area contributed by atoms with Crippen LogP contribution in [0.3, 0.4) is 0 Å². The summed E-state index contributed by atoms with van der Waals surface area (Å²) in [4.78, 5) is 3.92. The number of aryl methyl sites for hydroxylation is 1. The second-order valence-corrected chi connectivity index (χ2v) is 2.91. The number of nitrogens with two attached hydrogens (primary N) is 1. The molecule has 0 unspecified atom stereocenters. The van der Waals surface area contributed by atoms with Crippen molar-refractivity contribution < 1.29 is 4.39 Å². The average molecular weight is 192 g/mol. The lowest BCUT2D eigenvalue weighted by Gasteiger charge is -2.01. The Kier molecular flexibility index (Phi) is 1.92. The van der Waals surface area contributed by atoms with Gasteiger partial charge < -0.3 is 5.73 Å². The molecule has 0 saturated carbocycles. The van der Waals surface area contributed by atoms with Gasteiger partial charge in [0.1, 0.15) is 11.6 Å². The normalized spacial score (nSPS) is 10.4. The molecule has 0 spiro atoms. The van der Waals surface area contributed by atoms with E-state index in [1.165, 1.54) is 16.8 Å². The summed E-state index contributed by atoms with van der Waals surface area (Å²) in [5, 5.41) is 4.04. The predicted octanol–water partition coefficient (Wildman–Crippen LogP) is 1.30. The highest BCUT2D eigenvalue weighted by Crippen LogP contribution is 2.12. The summed E-state index contributed by atoms with van der Waals surface area (Å²) in [6.45, 7) is 1.73. The van der Waals surface area contributed by atoms with Gasteiger partial charge >= 0.3 is 0 Å². The summed E-state index contributed by atoms with van der Waals surface area (Å²) in [5.41, 5.74) is 6.16. The highest BCUT2D eigenvalue weighted by atomic mass is 19.1. The van der Waals surface area contributed by atoms with Crippen molar-refractivity contribution >= 4 is 5.95 Å². The molecule has 1 heterocycles. The van der Waals surface area contributed by atoms with Gasteiger partial charge in [0.25, 0.3) is 0 Å². The van der Waals surface area contributed by atoms with Gasteiger partial charge in [-0.15, -0.1) is 5.10 Å². The molecule has 0 aliphatic carbocycles. The number of aromatic nitrogens is 3. The first kappa shape index (κ1) is 8.68. The summed E-state index contributed by atoms with van der Waals surface area (Å²) in [6.07, 6.45) is 0. The van der Waals surface area contributed by atoms with Crippen LogP contribution >= 0.6 is 0 Å². The summed E-state index contributed by atoms with van der Waals surface area (Å²) >= 11 is 0. The van der Waals surface area contributed by atoms with Crippen LogP contribution in [0.15, 0.2) is 24.3 Å². The topological polar surface area (TPSA) is 56.7 Å². The molecule has 1 aromatic carbocycles. The number of rotatable bonds is 1. The Labute approximate surface area is 80.2 Å². The number of nitrogen functional groups attached to an aromatic ring is 1. The van der Waals surface area contributed by atoms with Gasteiger partial charge in [0.05, 0.1) is 5.69 Å². The van der Waals surface area contributed by atoms with Crippen LogP contribution in [0.4, 0.5) is 10.3 Å². The molecule has 0 radical (unpaired) electrons. The molecule has 5 heteroatoms. The molecule has 0 aliphatic rings. The molecule has 2 N–H and O–H groups in total. The van der Waals surface area contributed by atoms with Crippen LogP contribution in [0.2, 0.25) is 0 Å². The van der Waals surface area contributed by atoms with Gasteiger partial charge in [-0.05, 0) is 25.1 Å². The number of anilines is 1. The summed E-state index contributed by atoms with van der Waals surface area (Å²) in [5.74, 6) is 0.495. The standard InChI is InChI=1S/C9H9FN4/c1-6-12-9(11)14(13-6)8-4-2-3-7(10)5-8/h2-5H,1H3,(H2,11,12,13). The zero-order chi connectivity index (χ0) is 10.1. The SMILES string of the molecule is Cc1nc(N)n(-c2cccc(F)c2)n1. The molecule has 0 amide bonds. The van der Waals surface area contributed by atoms with E-state index in [-0.39, 0.29) is 11.8 Å². The molecule has 4 nitrogen and oxygen atoms in total. The highest BCUT2D eigenvalue weighted by Gasteiger charge is 2.05. The van der Waals surface area contributed by atoms with Crippen molar-refractivity contribution in [1.29, 1.82) is 0 Å². The fraction of sp³-hybridized carbons (Fsp3) is 0.111. The van der Waals surface area contributed by atoms with Gasteiger partial charge in [-0.3, -0.25) is 0 Å². The van der Waals surface area contributed by atoms with Crippen LogP contribution < -0.4 is 5.73 Å². The molecule has 0 bridgehead atoms. The predicted molar refractivity (Wildman–Crippen MR) is 50.5 cm³/mol. The summed E-state index contributed by atoms with van der Waals surface area (Å²) in [7, 11) is 0. The van der Waals surface area contributed by atoms with E-state index in [0.29, 0.717) is 11.5 Å². The lowest BCUT2D eigenvalue weighted by atomic mass is 10.3. The maximum Gasteiger partial charge on any atom is 0.223 e. The molecule has 2 aromatic rings. The third-order valence-corrected chi connectivity index (χ3v) is 1.79. The monoisotopic (exact) mass is 192 g/mol. The van der Waals surface area contributed by atoms with Crippen molar-refractivity contribution in [3.05, 3.63) is 35.9 Å². The Morgan fingerprint density at radius 2 is 2.21 bits per heavy atom. The smallest absolute Gasteiger partial charge is 0.223 e. The minimum absolute atomic E-state index is 0.258. The minimum atomic E-state index is -0.324. The van der Waals surface area contributed by atoms with Crippen LogP contribution in [0.5, 0.6) is 0 Å². The minimum Gasteiger partial charge on any atom is -0.368 e. The number of benzene rings is 1. The van der Waals surface area contributed by atoms with Gasteiger partial charge in [-0.25, -0.2) is 4.39 Å². The number of nitrogens with zero attached hydrogens (tertiary/aromatic N) is 3. The second kappa shape index (κ2) is 3.10. The van der Waals surface area contributed by atoms with E-state index in [1.807, 2.05) is 0 Å². The zero-order valence-corrected chi connectivity index (χ0v) is 7.61. The van der Waals surface area contributed by atoms with Crippen molar-refractivity contribution in [3.63, 3.8) is 0 Å². The van der Waals surface area contributed by atoms with E-state index in [1.54, 1.807) is 19.1 Å². The Hall–Kier alpha value is -1.91. The Balaban J connectivity index is 2.54. The van der Waals surface area contributed by atoms with Crippen molar-refractivity contribution in [2.24, 2.45) is 0 Å². The third kappa shape index (κ3) is 1.44. The van der Waals surface area contributed by atoms with Crippen molar-refractivity contribution in [3.8, 4) is 5.69 Å². The first-order valence-corrected chi connectivity index (χ1v) is 4.12. The molecular weight excluding hydrogens is 183 g/mol. The van der Waals surface area contributed by atoms with E-state index in [4.69, 9.17) is 5.73 Å². The van der Waals surface area contributed by atoms with Crippen LogP contribution in [-0.2, 0) is 0 Å². The van der Waals surface area contributed by atoms with Gasteiger partial charge in [-0.2, -0.15) is 9.67 Å². The van der Waals surface area contributed by atoms with Crippen LogP contribution in [0.25, 0.3) is 5.69 Å². The van der Waals surface area contributed by atoms with E-state index in [0.717, 1.165) is 0 Å². The summed E-state index contributed by atoms with van der Waals surface area (Å²) < 4.78 is 14.3. The Morgan fingerprint density at radius 3 is 2.79 bits per heavy atom. The van der Waals surface area contributed by atoms with Gasteiger partial charge in [0.2, 0.25) is 5.95 Å². The fourth-order valence-electron chi connectivity index (χ4n) is 1.23. The second-order valence-electron chi connectivity index (χ2n) is 2.91. The lowest BCUT2D eigenvalue weighted by Crippen LogP contribution is -2.02. The van der Waals surface area contributed by atoms with Crippen molar-refractivity contribution in [2.45, 2.75) is 6.92 Å². The van der Waals surface area contributed by atoms with Crippen molar-refractivity contribution in [1.82, 2.24) is 14.8 Å². The Bertz CT molecular complexity index is 464.